The molecule has 0 aromatic heterocycles. The Kier molecular flexibility index (Phi) is 4.70. The molecule has 6 heteroatoms. The zero-order chi connectivity index (χ0) is 15.4. The summed E-state index contributed by atoms with van der Waals surface area (Å²) in [5.74, 6) is -1.28. The monoisotopic (exact) mass is 350 g/mol. The van der Waals surface area contributed by atoms with Crippen LogP contribution in [0.5, 0.6) is 0 Å². The number of nitrogens with one attached hydrogen (secondary N) is 2. The van der Waals surface area contributed by atoms with Crippen molar-refractivity contribution in [1.29, 1.82) is 0 Å². The first-order chi connectivity index (χ1) is 9.97. The van der Waals surface area contributed by atoms with E-state index in [9.17, 15) is 14.0 Å². The lowest BCUT2D eigenvalue weighted by Crippen LogP contribution is -2.13. The second kappa shape index (κ2) is 6.49. The van der Waals surface area contributed by atoms with Gasteiger partial charge in [-0.1, -0.05) is 12.1 Å². The maximum absolute atomic E-state index is 13.5. The topological polar surface area (TPSA) is 58.2 Å². The maximum Gasteiger partial charge on any atom is 0.256 e. The summed E-state index contributed by atoms with van der Waals surface area (Å²) >= 11 is 3.29. The predicted molar refractivity (Wildman–Crippen MR) is 82.8 cm³/mol. The zero-order valence-corrected chi connectivity index (χ0v) is 12.7. The number of carbonyl (C=O) groups is 2. The minimum atomic E-state index is -0.566. The zero-order valence-electron chi connectivity index (χ0n) is 11.1. The number of hydrogen-bond donors (Lipinski definition) is 2. The van der Waals surface area contributed by atoms with Gasteiger partial charge in [-0.15, -0.1) is 0 Å². The van der Waals surface area contributed by atoms with Gasteiger partial charge in [0.1, 0.15) is 5.82 Å². The molecule has 0 aliphatic heterocycles. The Morgan fingerprint density at radius 1 is 1.10 bits per heavy atom. The van der Waals surface area contributed by atoms with Gasteiger partial charge < -0.3 is 10.6 Å². The van der Waals surface area contributed by atoms with E-state index >= 15 is 0 Å². The smallest absolute Gasteiger partial charge is 0.256 e. The molecule has 0 atom stereocenters. The van der Waals surface area contributed by atoms with Crippen LogP contribution in [0.2, 0.25) is 0 Å². The molecule has 4 nitrogen and oxygen atoms in total. The lowest BCUT2D eigenvalue weighted by Gasteiger charge is -2.09. The van der Waals surface area contributed by atoms with Crippen LogP contribution in [0.15, 0.2) is 46.9 Å². The van der Waals surface area contributed by atoms with Crippen LogP contribution in [0.25, 0.3) is 0 Å². The van der Waals surface area contributed by atoms with Crippen LogP contribution in [-0.2, 0) is 4.79 Å². The van der Waals surface area contributed by atoms with E-state index in [1.54, 1.807) is 24.3 Å². The minimum Gasteiger partial charge on any atom is -0.324 e. The maximum atomic E-state index is 13.5. The molecule has 2 rings (SSSR count). The summed E-state index contributed by atoms with van der Waals surface area (Å²) in [5, 5.41) is 5.02. The van der Waals surface area contributed by atoms with Gasteiger partial charge in [0.05, 0.1) is 11.3 Å². The molecule has 2 N–H and O–H groups in total. The van der Waals surface area contributed by atoms with Crippen LogP contribution in [0.3, 0.4) is 0 Å². The number of hydrogen-bond acceptors (Lipinski definition) is 2. The van der Waals surface area contributed by atoms with Crippen molar-refractivity contribution in [2.24, 2.45) is 0 Å². The molecule has 0 aliphatic carbocycles. The highest BCUT2D eigenvalue weighted by molar-refractivity contribution is 9.10. The van der Waals surface area contributed by atoms with Gasteiger partial charge in [0.2, 0.25) is 5.91 Å². The van der Waals surface area contributed by atoms with E-state index in [4.69, 9.17) is 0 Å². The average Bonchev–Trinajstić information content (AvgIpc) is 2.42. The number of benzene rings is 2. The van der Waals surface area contributed by atoms with Crippen molar-refractivity contribution in [3.8, 4) is 0 Å². The lowest BCUT2D eigenvalue weighted by molar-refractivity contribution is -0.114. The van der Waals surface area contributed by atoms with Gasteiger partial charge in [0, 0.05) is 17.1 Å². The predicted octanol–water partition coefficient (Wildman–Crippen LogP) is 3.80. The number of anilines is 2. The largest absolute Gasteiger partial charge is 0.324 e. The number of rotatable bonds is 3. The van der Waals surface area contributed by atoms with Gasteiger partial charge in [-0.05, 0) is 46.3 Å². The first-order valence-corrected chi connectivity index (χ1v) is 6.89. The van der Waals surface area contributed by atoms with E-state index in [1.807, 2.05) is 0 Å². The SMILES string of the molecule is CC(=O)Nc1cc(NC(=O)c2ccccc2Br)ccc1F. The third-order valence-corrected chi connectivity index (χ3v) is 3.34. The Morgan fingerprint density at radius 2 is 1.81 bits per heavy atom. The van der Waals surface area contributed by atoms with Crippen molar-refractivity contribution in [3.63, 3.8) is 0 Å². The van der Waals surface area contributed by atoms with E-state index in [0.29, 0.717) is 15.7 Å². The van der Waals surface area contributed by atoms with Crippen molar-refractivity contribution >= 4 is 39.1 Å². The van der Waals surface area contributed by atoms with E-state index in [1.165, 1.54) is 25.1 Å². The molecule has 21 heavy (non-hydrogen) atoms. The Hall–Kier alpha value is -2.21. The van der Waals surface area contributed by atoms with Gasteiger partial charge in [-0.3, -0.25) is 9.59 Å². The molecule has 0 unspecified atom stereocenters. The number of amides is 2. The van der Waals surface area contributed by atoms with Crippen LogP contribution < -0.4 is 10.6 Å². The molecule has 2 aromatic carbocycles. The van der Waals surface area contributed by atoms with Crippen molar-refractivity contribution in [2.45, 2.75) is 6.92 Å². The molecule has 0 radical (unpaired) electrons. The van der Waals surface area contributed by atoms with Gasteiger partial charge in [0.25, 0.3) is 5.91 Å². The van der Waals surface area contributed by atoms with E-state index < -0.39 is 5.82 Å². The molecule has 108 valence electrons. The average molecular weight is 351 g/mol. The van der Waals surface area contributed by atoms with Crippen LogP contribution in [0, 0.1) is 5.82 Å². The molecule has 0 bridgehead atoms. The van der Waals surface area contributed by atoms with Crippen LogP contribution >= 0.6 is 15.9 Å². The normalized spacial score (nSPS) is 10.0. The number of halogens is 2. The fourth-order valence-corrected chi connectivity index (χ4v) is 2.20. The fraction of sp³-hybridized carbons (Fsp3) is 0.0667. The summed E-state index contributed by atoms with van der Waals surface area (Å²) in [6.07, 6.45) is 0. The van der Waals surface area contributed by atoms with E-state index in [2.05, 4.69) is 26.6 Å². The van der Waals surface area contributed by atoms with Gasteiger partial charge in [-0.2, -0.15) is 0 Å². The fourth-order valence-electron chi connectivity index (χ4n) is 1.73. The standard InChI is InChI=1S/C15H12BrFN2O2/c1-9(20)18-14-8-10(6-7-13(14)17)19-15(21)11-4-2-3-5-12(11)16/h2-8H,1H3,(H,18,20)(H,19,21). The van der Waals surface area contributed by atoms with Gasteiger partial charge in [0.15, 0.2) is 0 Å². The summed E-state index contributed by atoms with van der Waals surface area (Å²) in [6, 6.07) is 10.9. The Morgan fingerprint density at radius 3 is 2.48 bits per heavy atom. The number of carbonyl (C=O) groups excluding carboxylic acids is 2. The van der Waals surface area contributed by atoms with Gasteiger partial charge in [-0.25, -0.2) is 4.39 Å². The summed E-state index contributed by atoms with van der Waals surface area (Å²) in [6.45, 7) is 1.28. The van der Waals surface area contributed by atoms with E-state index in [0.717, 1.165) is 0 Å². The molecule has 2 aromatic rings. The first-order valence-electron chi connectivity index (χ1n) is 6.10. The second-order valence-electron chi connectivity index (χ2n) is 4.31. The quantitative estimate of drug-likeness (QED) is 0.884. The van der Waals surface area contributed by atoms with E-state index in [-0.39, 0.29) is 17.5 Å². The molecular weight excluding hydrogens is 339 g/mol. The highest BCUT2D eigenvalue weighted by atomic mass is 79.9. The minimum absolute atomic E-state index is 0.0208. The van der Waals surface area contributed by atoms with Gasteiger partial charge >= 0.3 is 0 Å². The molecule has 0 aliphatic rings. The molecular formula is C15H12BrFN2O2. The van der Waals surface area contributed by atoms with Crippen molar-refractivity contribution in [3.05, 3.63) is 58.3 Å². The van der Waals surface area contributed by atoms with Crippen molar-refractivity contribution < 1.29 is 14.0 Å². The Balaban J connectivity index is 2.22. The first kappa shape index (κ1) is 15.2. The highest BCUT2D eigenvalue weighted by Gasteiger charge is 2.11. The third-order valence-electron chi connectivity index (χ3n) is 2.65. The van der Waals surface area contributed by atoms with Crippen LogP contribution in [0.1, 0.15) is 17.3 Å². The van der Waals surface area contributed by atoms with Crippen molar-refractivity contribution in [1.82, 2.24) is 0 Å². The van der Waals surface area contributed by atoms with Crippen LogP contribution in [-0.4, -0.2) is 11.8 Å². The molecule has 0 spiro atoms. The second-order valence-corrected chi connectivity index (χ2v) is 5.16. The summed E-state index contributed by atoms with van der Waals surface area (Å²) < 4.78 is 14.2. The van der Waals surface area contributed by atoms with Crippen molar-refractivity contribution in [2.75, 3.05) is 10.6 Å². The summed E-state index contributed by atoms with van der Waals surface area (Å²) in [5.41, 5.74) is 0.872. The van der Waals surface area contributed by atoms with Crippen LogP contribution in [0.4, 0.5) is 15.8 Å². The lowest BCUT2D eigenvalue weighted by atomic mass is 10.2. The summed E-state index contributed by atoms with van der Waals surface area (Å²) in [4.78, 5) is 23.1. The Labute approximate surface area is 129 Å². The molecule has 0 saturated heterocycles. The summed E-state index contributed by atoms with van der Waals surface area (Å²) in [7, 11) is 0. The molecule has 2 amide bonds. The third kappa shape index (κ3) is 3.88. The molecule has 0 fully saturated rings. The highest BCUT2D eigenvalue weighted by Crippen LogP contribution is 2.22. The molecule has 0 heterocycles. The molecule has 0 saturated carbocycles. The Bertz CT molecular complexity index is 704.